The molecule has 2 amide bonds. The van der Waals surface area contributed by atoms with Gasteiger partial charge in [-0.05, 0) is 45.1 Å². The Labute approximate surface area is 188 Å². The smallest absolute Gasteiger partial charge is 0.355 e. The minimum Gasteiger partial charge on any atom is -0.355 e. The first-order valence-electron chi connectivity index (χ1n) is 10.3. The summed E-state index contributed by atoms with van der Waals surface area (Å²) < 4.78 is 38.7. The predicted octanol–water partition coefficient (Wildman–Crippen LogP) is 3.58. The van der Waals surface area contributed by atoms with Crippen LogP contribution in [0.3, 0.4) is 0 Å². The van der Waals surface area contributed by atoms with E-state index in [2.05, 4.69) is 15.6 Å². The topological polar surface area (TPSA) is 77.6 Å². The zero-order chi connectivity index (χ0) is 23.3. The normalized spacial score (nSPS) is 13.8. The molecule has 1 fully saturated rings. The third-order valence-corrected chi connectivity index (χ3v) is 5.63. The van der Waals surface area contributed by atoms with Crippen LogP contribution in [0.5, 0.6) is 0 Å². The van der Waals surface area contributed by atoms with E-state index < -0.39 is 11.7 Å². The predicted molar refractivity (Wildman–Crippen MR) is 117 cm³/mol. The summed E-state index contributed by atoms with van der Waals surface area (Å²) in [6, 6.07) is 4.89. The fourth-order valence-corrected chi connectivity index (χ4v) is 3.74. The molecular formula is C21H26F3N5O2S. The molecule has 0 spiro atoms. The Morgan fingerprint density at radius 1 is 1.22 bits per heavy atom. The van der Waals surface area contributed by atoms with Crippen molar-refractivity contribution >= 4 is 34.0 Å². The molecular weight excluding hydrogens is 443 g/mol. The summed E-state index contributed by atoms with van der Waals surface area (Å²) in [6.45, 7) is 1.57. The number of anilines is 2. The molecule has 0 radical (unpaired) electrons. The molecule has 0 bridgehead atoms. The third-order valence-electron chi connectivity index (χ3n) is 4.87. The highest BCUT2D eigenvalue weighted by atomic mass is 32.1. The molecule has 1 aliphatic rings. The van der Waals surface area contributed by atoms with Crippen molar-refractivity contribution in [1.82, 2.24) is 20.1 Å². The Morgan fingerprint density at radius 3 is 2.62 bits per heavy atom. The van der Waals surface area contributed by atoms with Gasteiger partial charge in [-0.25, -0.2) is 4.98 Å². The van der Waals surface area contributed by atoms with Gasteiger partial charge in [-0.3, -0.25) is 9.59 Å². The van der Waals surface area contributed by atoms with Crippen LogP contribution in [0, 0.1) is 0 Å². The van der Waals surface area contributed by atoms with Crippen molar-refractivity contribution in [2.24, 2.45) is 0 Å². The Balaban J connectivity index is 1.59. The third kappa shape index (κ3) is 6.92. The second-order valence-corrected chi connectivity index (χ2v) is 8.73. The van der Waals surface area contributed by atoms with Crippen molar-refractivity contribution in [2.45, 2.75) is 31.5 Å². The Kier molecular flexibility index (Phi) is 7.73. The average Bonchev–Trinajstić information content (AvgIpc) is 3.45. The van der Waals surface area contributed by atoms with E-state index in [9.17, 15) is 22.8 Å². The molecule has 1 saturated carbocycles. The number of amides is 2. The van der Waals surface area contributed by atoms with E-state index in [0.29, 0.717) is 18.2 Å². The van der Waals surface area contributed by atoms with E-state index in [0.717, 1.165) is 42.9 Å². The Hall–Kier alpha value is -2.66. The first kappa shape index (κ1) is 24.0. The van der Waals surface area contributed by atoms with Crippen molar-refractivity contribution < 1.29 is 22.8 Å². The number of hydrogen-bond donors (Lipinski definition) is 2. The van der Waals surface area contributed by atoms with Crippen molar-refractivity contribution in [1.29, 1.82) is 0 Å². The van der Waals surface area contributed by atoms with Crippen LogP contribution in [0.1, 0.15) is 35.3 Å². The van der Waals surface area contributed by atoms with Crippen molar-refractivity contribution in [3.8, 4) is 0 Å². The fourth-order valence-electron chi connectivity index (χ4n) is 3.04. The van der Waals surface area contributed by atoms with Gasteiger partial charge < -0.3 is 20.4 Å². The van der Waals surface area contributed by atoms with Crippen molar-refractivity contribution in [2.75, 3.05) is 39.0 Å². The van der Waals surface area contributed by atoms with E-state index in [1.165, 1.54) is 12.1 Å². The van der Waals surface area contributed by atoms with E-state index in [1.807, 2.05) is 19.0 Å². The summed E-state index contributed by atoms with van der Waals surface area (Å²) in [4.78, 5) is 32.9. The van der Waals surface area contributed by atoms with Gasteiger partial charge in [0.2, 0.25) is 5.91 Å². The van der Waals surface area contributed by atoms with Crippen LogP contribution in [0.4, 0.5) is 24.0 Å². The molecule has 0 aliphatic heterocycles. The fraction of sp³-hybridized carbons (Fsp3) is 0.476. The summed E-state index contributed by atoms with van der Waals surface area (Å²) in [5, 5.41) is 7.56. The molecule has 0 saturated heterocycles. The lowest BCUT2D eigenvalue weighted by atomic mass is 10.2. The van der Waals surface area contributed by atoms with Gasteiger partial charge in [0.25, 0.3) is 5.91 Å². The van der Waals surface area contributed by atoms with Crippen LogP contribution < -0.4 is 10.6 Å². The number of rotatable bonds is 10. The summed E-state index contributed by atoms with van der Waals surface area (Å²) in [6.07, 6.45) is -2.47. The summed E-state index contributed by atoms with van der Waals surface area (Å²) in [7, 11) is 3.84. The number of likely N-dealkylation sites (N-methyl/N-ethyl adjacent to an activating group) is 1. The molecule has 0 atom stereocenters. The quantitative estimate of drug-likeness (QED) is 0.556. The van der Waals surface area contributed by atoms with Gasteiger partial charge in [-0.2, -0.15) is 13.2 Å². The molecule has 1 heterocycles. The lowest BCUT2D eigenvalue weighted by Crippen LogP contribution is -2.38. The number of nitrogens with one attached hydrogen (secondary N) is 2. The maximum atomic E-state index is 12.9. The molecule has 32 heavy (non-hydrogen) atoms. The van der Waals surface area contributed by atoms with E-state index >= 15 is 0 Å². The number of benzene rings is 1. The van der Waals surface area contributed by atoms with E-state index in [-0.39, 0.29) is 35.7 Å². The Bertz CT molecular complexity index is 944. The number of halogens is 3. The van der Waals surface area contributed by atoms with Crippen LogP contribution in [0.25, 0.3) is 0 Å². The molecule has 1 aromatic heterocycles. The molecule has 1 aliphatic carbocycles. The molecule has 174 valence electrons. The lowest BCUT2D eigenvalue weighted by Gasteiger charge is -2.21. The summed E-state index contributed by atoms with van der Waals surface area (Å²) in [5.41, 5.74) is -0.315. The molecule has 1 aromatic carbocycles. The van der Waals surface area contributed by atoms with Gasteiger partial charge in [-0.1, -0.05) is 6.07 Å². The highest BCUT2D eigenvalue weighted by molar-refractivity contribution is 7.14. The minimum atomic E-state index is -4.44. The minimum absolute atomic E-state index is 0.0960. The second kappa shape index (κ2) is 10.3. The number of hydrogen-bond acceptors (Lipinski definition) is 6. The van der Waals surface area contributed by atoms with Crippen LogP contribution in [0.2, 0.25) is 0 Å². The number of alkyl halides is 3. The van der Waals surface area contributed by atoms with Gasteiger partial charge in [0.05, 0.1) is 5.56 Å². The highest BCUT2D eigenvalue weighted by Gasteiger charge is 2.34. The maximum Gasteiger partial charge on any atom is 0.416 e. The van der Waals surface area contributed by atoms with Gasteiger partial charge in [0.1, 0.15) is 5.69 Å². The number of carbonyl (C=O) groups excluding carboxylic acids is 2. The molecule has 2 N–H and O–H groups in total. The summed E-state index contributed by atoms with van der Waals surface area (Å²) >= 11 is 1.14. The van der Waals surface area contributed by atoms with Crippen LogP contribution >= 0.6 is 11.3 Å². The number of thiazole rings is 1. The van der Waals surface area contributed by atoms with Crippen LogP contribution in [0.15, 0.2) is 29.6 Å². The average molecular weight is 470 g/mol. The lowest BCUT2D eigenvalue weighted by molar-refractivity contribution is -0.137. The molecule has 7 nitrogen and oxygen atoms in total. The SMILES string of the molecule is CN(C)CCNC(=O)CCN(C(=O)c1csc(Nc2cccc(C(F)(F)F)c2)n1)C1CC1. The number of aromatic nitrogens is 1. The first-order chi connectivity index (χ1) is 15.1. The Morgan fingerprint density at radius 2 is 1.97 bits per heavy atom. The number of carbonyl (C=O) groups is 2. The van der Waals surface area contributed by atoms with Gasteiger partial charge in [-0.15, -0.1) is 11.3 Å². The first-order valence-corrected chi connectivity index (χ1v) is 11.1. The van der Waals surface area contributed by atoms with Gasteiger partial charge >= 0.3 is 6.18 Å². The van der Waals surface area contributed by atoms with E-state index in [4.69, 9.17) is 0 Å². The zero-order valence-electron chi connectivity index (χ0n) is 17.9. The van der Waals surface area contributed by atoms with Crippen molar-refractivity contribution in [3.05, 3.63) is 40.9 Å². The maximum absolute atomic E-state index is 12.9. The largest absolute Gasteiger partial charge is 0.416 e. The van der Waals surface area contributed by atoms with Crippen molar-refractivity contribution in [3.63, 3.8) is 0 Å². The molecule has 11 heteroatoms. The standard InChI is InChI=1S/C21H26F3N5O2S/c1-28(2)11-9-25-18(30)8-10-29(16-6-7-16)19(31)17-13-32-20(27-17)26-15-5-3-4-14(12-15)21(22,23)24/h3-5,12-13,16H,6-11H2,1-2H3,(H,25,30)(H,26,27). The summed E-state index contributed by atoms with van der Waals surface area (Å²) in [5.74, 6) is -0.391. The molecule has 2 aromatic rings. The number of nitrogens with zero attached hydrogens (tertiary/aromatic N) is 3. The molecule has 0 unspecified atom stereocenters. The monoisotopic (exact) mass is 469 g/mol. The zero-order valence-corrected chi connectivity index (χ0v) is 18.7. The van der Waals surface area contributed by atoms with Crippen LogP contribution in [-0.4, -0.2) is 66.4 Å². The van der Waals surface area contributed by atoms with Crippen LogP contribution in [-0.2, 0) is 11.0 Å². The van der Waals surface area contributed by atoms with Gasteiger partial charge in [0.15, 0.2) is 5.13 Å². The second-order valence-electron chi connectivity index (χ2n) is 7.87. The highest BCUT2D eigenvalue weighted by Crippen LogP contribution is 2.32. The molecule has 3 rings (SSSR count). The van der Waals surface area contributed by atoms with Gasteiger partial charge in [0, 0.05) is 43.2 Å². The van der Waals surface area contributed by atoms with E-state index in [1.54, 1.807) is 10.3 Å².